The minimum atomic E-state index is -3.66. The number of amides is 4. The van der Waals surface area contributed by atoms with Crippen molar-refractivity contribution in [3.63, 3.8) is 0 Å². The number of nitrogens with one attached hydrogen (secondary N) is 5. The van der Waals surface area contributed by atoms with Crippen molar-refractivity contribution in [1.29, 1.82) is 0 Å². The normalized spacial score (nSPS) is 14.2. The van der Waals surface area contributed by atoms with Crippen molar-refractivity contribution >= 4 is 56.5 Å². The van der Waals surface area contributed by atoms with Crippen LogP contribution in [-0.2, 0) is 61.0 Å². The predicted octanol–water partition coefficient (Wildman–Crippen LogP) is 5.31. The number of H-pyrrole nitrogens is 1. The zero-order valence-corrected chi connectivity index (χ0v) is 38.2. The largest absolute Gasteiger partial charge is 0.460 e. The van der Waals surface area contributed by atoms with E-state index in [1.807, 2.05) is 30.3 Å². The SMILES string of the molecule is CC(C)(C)OC(=O)CCCC(NC(=O)OCc1ccccc1)C(=O)NC(Cc1c[nH]c2ccccc12)C(=O)NC(C(=O)NC(C=CS(C)(=O)=O)CC(=O)OC(C)(C)C)C(C)(C)C. The molecule has 0 saturated heterocycles. The topological polar surface area (TPSA) is 228 Å². The Balaban J connectivity index is 1.95. The third-order valence-corrected chi connectivity index (χ3v) is 9.61. The summed E-state index contributed by atoms with van der Waals surface area (Å²) in [5.74, 6) is -3.44. The summed E-state index contributed by atoms with van der Waals surface area (Å²) in [5, 5.41) is 12.5. The number of hydrogen-bond donors (Lipinski definition) is 5. The summed E-state index contributed by atoms with van der Waals surface area (Å²) in [5.41, 5.74) is -0.388. The van der Waals surface area contributed by atoms with Crippen LogP contribution in [0.3, 0.4) is 0 Å². The summed E-state index contributed by atoms with van der Waals surface area (Å²) >= 11 is 0. The van der Waals surface area contributed by atoms with Crippen molar-refractivity contribution < 1.29 is 51.4 Å². The van der Waals surface area contributed by atoms with Crippen molar-refractivity contribution in [3.05, 3.63) is 83.4 Å². The van der Waals surface area contributed by atoms with Crippen molar-refractivity contribution in [3.8, 4) is 0 Å². The van der Waals surface area contributed by atoms with Crippen LogP contribution in [0, 0.1) is 5.41 Å². The summed E-state index contributed by atoms with van der Waals surface area (Å²) in [4.78, 5) is 84.4. The number of benzene rings is 2. The summed E-state index contributed by atoms with van der Waals surface area (Å²) in [6, 6.07) is 11.3. The Morgan fingerprint density at radius 1 is 0.726 bits per heavy atom. The molecule has 17 heteroatoms. The van der Waals surface area contributed by atoms with Crippen molar-refractivity contribution in [2.24, 2.45) is 5.41 Å². The first-order valence-electron chi connectivity index (χ1n) is 20.4. The van der Waals surface area contributed by atoms with Gasteiger partial charge in [0, 0.05) is 41.6 Å². The molecule has 3 rings (SSSR count). The second-order valence-corrected chi connectivity index (χ2v) is 20.2. The second kappa shape index (κ2) is 21.9. The number of ether oxygens (including phenoxy) is 3. The molecule has 4 unspecified atom stereocenters. The summed E-state index contributed by atoms with van der Waals surface area (Å²) in [6.07, 6.45) is 2.52. The van der Waals surface area contributed by atoms with Crippen LogP contribution in [0.25, 0.3) is 10.9 Å². The van der Waals surface area contributed by atoms with Gasteiger partial charge in [0.05, 0.1) is 12.5 Å². The van der Waals surface area contributed by atoms with Crippen molar-refractivity contribution in [1.82, 2.24) is 26.3 Å². The van der Waals surface area contributed by atoms with Crippen LogP contribution in [0.15, 0.2) is 72.3 Å². The zero-order valence-electron chi connectivity index (χ0n) is 37.4. The Labute approximate surface area is 364 Å². The standard InChI is InChI=1S/C45H63N5O11S/c1-43(2,3)38(41(55)47-31(23-24-62(10,57)58)26-37(52)61-45(7,8)9)50-40(54)35(25-30-27-46-33-20-15-14-19-32(30)33)48-39(53)34(21-16-22-36(51)60-44(4,5)6)49-42(56)59-28-29-17-12-11-13-18-29/h11-15,17-20,23-24,27,31,34-35,38,46H,16,21-22,25-26,28H2,1-10H3,(H,47,55)(H,48,53)(H,49,56)(H,50,54). The van der Waals surface area contributed by atoms with E-state index in [4.69, 9.17) is 14.2 Å². The second-order valence-electron chi connectivity index (χ2n) is 18.2. The average Bonchev–Trinajstić information content (AvgIpc) is 3.55. The highest BCUT2D eigenvalue weighted by Crippen LogP contribution is 2.23. The first kappa shape index (κ1) is 50.6. The lowest BCUT2D eigenvalue weighted by Crippen LogP contribution is -2.60. The fraction of sp³-hybridized carbons (Fsp3) is 0.511. The van der Waals surface area contributed by atoms with E-state index in [1.165, 1.54) is 6.08 Å². The molecule has 0 bridgehead atoms. The van der Waals surface area contributed by atoms with Gasteiger partial charge in [-0.15, -0.1) is 0 Å². The molecule has 0 aliphatic rings. The van der Waals surface area contributed by atoms with E-state index in [1.54, 1.807) is 92.8 Å². The van der Waals surface area contributed by atoms with Gasteiger partial charge in [-0.1, -0.05) is 75.4 Å². The van der Waals surface area contributed by atoms with Crippen LogP contribution in [-0.4, -0.2) is 90.8 Å². The lowest BCUT2D eigenvalue weighted by atomic mass is 9.85. The number of aromatic amines is 1. The van der Waals surface area contributed by atoms with Crippen LogP contribution in [0.4, 0.5) is 4.79 Å². The molecule has 16 nitrogen and oxygen atoms in total. The number of aromatic nitrogens is 1. The van der Waals surface area contributed by atoms with Crippen LogP contribution >= 0.6 is 0 Å². The highest BCUT2D eigenvalue weighted by atomic mass is 32.2. The van der Waals surface area contributed by atoms with Gasteiger partial charge in [-0.3, -0.25) is 24.0 Å². The van der Waals surface area contributed by atoms with Gasteiger partial charge in [-0.25, -0.2) is 13.2 Å². The summed E-state index contributed by atoms with van der Waals surface area (Å²) < 4.78 is 40.3. The van der Waals surface area contributed by atoms with Crippen molar-refractivity contribution in [2.75, 3.05) is 6.26 Å². The quantitative estimate of drug-likeness (QED) is 0.0766. The molecule has 5 N–H and O–H groups in total. The number of fused-ring (bicyclic) bond motifs is 1. The van der Waals surface area contributed by atoms with Gasteiger partial charge in [0.1, 0.15) is 35.9 Å². The van der Waals surface area contributed by atoms with E-state index in [-0.39, 0.29) is 32.3 Å². The molecule has 62 heavy (non-hydrogen) atoms. The molecule has 0 spiro atoms. The molecule has 0 aliphatic carbocycles. The monoisotopic (exact) mass is 881 g/mol. The molecule has 1 heterocycles. The Morgan fingerprint density at radius 3 is 1.94 bits per heavy atom. The van der Waals surface area contributed by atoms with E-state index >= 15 is 0 Å². The number of esters is 2. The highest BCUT2D eigenvalue weighted by molar-refractivity contribution is 7.93. The third-order valence-electron chi connectivity index (χ3n) is 8.95. The van der Waals surface area contributed by atoms with Gasteiger partial charge in [0.15, 0.2) is 9.84 Å². The fourth-order valence-electron chi connectivity index (χ4n) is 6.17. The number of carbonyl (C=O) groups is 6. The maximum Gasteiger partial charge on any atom is 0.408 e. The smallest absolute Gasteiger partial charge is 0.408 e. The van der Waals surface area contributed by atoms with Crippen molar-refractivity contribution in [2.45, 2.75) is 136 Å². The Morgan fingerprint density at radius 2 is 1.32 bits per heavy atom. The molecular weight excluding hydrogens is 819 g/mol. The molecule has 340 valence electrons. The summed E-state index contributed by atoms with van der Waals surface area (Å²) in [6.45, 7) is 15.2. The maximum absolute atomic E-state index is 14.5. The van der Waals surface area contributed by atoms with E-state index < -0.39 is 92.8 Å². The van der Waals surface area contributed by atoms with Crippen LogP contribution in [0.5, 0.6) is 0 Å². The minimum absolute atomic E-state index is 0.0278. The van der Waals surface area contributed by atoms with Gasteiger partial charge < -0.3 is 40.5 Å². The molecule has 3 aromatic rings. The Hall–Kier alpha value is -5.71. The van der Waals surface area contributed by atoms with E-state index in [0.29, 0.717) is 11.1 Å². The lowest BCUT2D eigenvalue weighted by Gasteiger charge is -2.33. The lowest BCUT2D eigenvalue weighted by molar-refractivity contribution is -0.156. The van der Waals surface area contributed by atoms with Crippen LogP contribution in [0.1, 0.15) is 99.1 Å². The number of sulfone groups is 1. The molecule has 2 aromatic carbocycles. The van der Waals surface area contributed by atoms with Crippen LogP contribution in [0.2, 0.25) is 0 Å². The molecule has 1 aromatic heterocycles. The number of rotatable bonds is 19. The summed E-state index contributed by atoms with van der Waals surface area (Å²) in [7, 11) is -3.66. The van der Waals surface area contributed by atoms with E-state index in [0.717, 1.165) is 22.6 Å². The van der Waals surface area contributed by atoms with Gasteiger partial charge in [-0.2, -0.15) is 0 Å². The maximum atomic E-state index is 14.5. The number of carbonyl (C=O) groups excluding carboxylic acids is 6. The van der Waals surface area contributed by atoms with Gasteiger partial charge in [0.25, 0.3) is 0 Å². The van der Waals surface area contributed by atoms with Gasteiger partial charge in [0.2, 0.25) is 17.7 Å². The molecular formula is C45H63N5O11S. The molecule has 4 atom stereocenters. The zero-order chi connectivity index (χ0) is 46.5. The molecule has 0 radical (unpaired) electrons. The fourth-order valence-corrected chi connectivity index (χ4v) is 6.65. The van der Waals surface area contributed by atoms with E-state index in [2.05, 4.69) is 26.3 Å². The van der Waals surface area contributed by atoms with Gasteiger partial charge >= 0.3 is 18.0 Å². The third kappa shape index (κ3) is 18.5. The molecule has 4 amide bonds. The Bertz CT molecular complexity index is 2160. The predicted molar refractivity (Wildman–Crippen MR) is 235 cm³/mol. The minimum Gasteiger partial charge on any atom is -0.460 e. The highest BCUT2D eigenvalue weighted by Gasteiger charge is 2.37. The Kier molecular flexibility index (Phi) is 17.9. The van der Waals surface area contributed by atoms with E-state index in [9.17, 15) is 37.2 Å². The first-order chi connectivity index (χ1) is 28.7. The molecule has 0 fully saturated rings. The molecule has 0 saturated carbocycles. The number of alkyl carbamates (subject to hydrolysis) is 1. The number of hydrogen-bond acceptors (Lipinski definition) is 11. The molecule has 0 aliphatic heterocycles. The van der Waals surface area contributed by atoms with Crippen LogP contribution < -0.4 is 21.3 Å². The number of para-hydroxylation sites is 1. The first-order valence-corrected chi connectivity index (χ1v) is 22.4. The average molecular weight is 882 g/mol. The van der Waals surface area contributed by atoms with Gasteiger partial charge in [-0.05, 0) is 77.0 Å².